The molecule has 3 N–H and O–H groups in total. The molecule has 4 heterocycles. The number of fused-ring (bicyclic) bond motifs is 2. The number of ether oxygens (including phenoxy) is 2. The summed E-state index contributed by atoms with van der Waals surface area (Å²) in [6.45, 7) is 11.2. The van der Waals surface area contributed by atoms with E-state index >= 15 is 0 Å². The zero-order chi connectivity index (χ0) is 35.7. The number of hydrogen-bond donors (Lipinski definition) is 3. The number of aliphatic hydroxyl groups is 1. The number of aliphatic hydroxyl groups excluding tert-OH is 1. The van der Waals surface area contributed by atoms with E-state index in [9.17, 15) is 9.90 Å². The summed E-state index contributed by atoms with van der Waals surface area (Å²) in [5.41, 5.74) is 4.19. The van der Waals surface area contributed by atoms with Crippen molar-refractivity contribution in [3.63, 3.8) is 0 Å². The van der Waals surface area contributed by atoms with Crippen molar-refractivity contribution < 1.29 is 19.4 Å². The van der Waals surface area contributed by atoms with Gasteiger partial charge in [0.25, 0.3) is 0 Å². The van der Waals surface area contributed by atoms with E-state index in [4.69, 9.17) is 14.6 Å². The van der Waals surface area contributed by atoms with Crippen molar-refractivity contribution >= 4 is 23.4 Å². The number of nitrogens with zero attached hydrogens (tertiary/aromatic N) is 6. The summed E-state index contributed by atoms with van der Waals surface area (Å²) in [6.07, 6.45) is 6.43. The number of hydrogen-bond acceptors (Lipinski definition) is 8. The maximum absolute atomic E-state index is 13.7. The molecular weight excluding hydrogens is 644 g/mol. The molecule has 5 aromatic rings. The van der Waals surface area contributed by atoms with E-state index in [2.05, 4.69) is 65.6 Å². The molecule has 2 amide bonds. The summed E-state index contributed by atoms with van der Waals surface area (Å²) < 4.78 is 16.3. The molecule has 2 aromatic carbocycles. The molecule has 12 heteroatoms. The van der Waals surface area contributed by atoms with Crippen LogP contribution < -0.4 is 25.0 Å². The molecular formula is C39H48N8O4. The van der Waals surface area contributed by atoms with Gasteiger partial charge in [0.1, 0.15) is 29.5 Å². The number of rotatable bonds is 9. The summed E-state index contributed by atoms with van der Waals surface area (Å²) in [6, 6.07) is 21.3. The quantitative estimate of drug-likeness (QED) is 0.149. The van der Waals surface area contributed by atoms with Crippen LogP contribution in [-0.4, -0.2) is 60.8 Å². The molecule has 1 aliphatic heterocycles. The molecule has 12 nitrogen and oxygen atoms in total. The van der Waals surface area contributed by atoms with Crippen molar-refractivity contribution in [3.8, 4) is 17.2 Å². The molecule has 0 bridgehead atoms. The number of piperidine rings is 1. The molecule has 1 aliphatic carbocycles. The van der Waals surface area contributed by atoms with Crippen LogP contribution in [0.15, 0.2) is 72.9 Å². The third-order valence-electron chi connectivity index (χ3n) is 9.81. The van der Waals surface area contributed by atoms with E-state index in [1.54, 1.807) is 11.6 Å². The monoisotopic (exact) mass is 692 g/mol. The molecule has 0 spiro atoms. The molecule has 1 fully saturated rings. The first-order valence-corrected chi connectivity index (χ1v) is 18.0. The zero-order valence-corrected chi connectivity index (χ0v) is 30.0. The number of urea groups is 1. The standard InChI is InChI=1S/C39H48N8O4/c1-25-11-8-9-20-45(25)38-43-42-35-19-16-29(23-46(35)38)51-33-18-17-32(30-14-6-7-15-31(30)33)40-37(49)41-36-22-34(39(3,4)5)44-47(36)27-12-10-13-28(21-27)50-26(2)24-48/h6-7,10,12-16,19,21-23,25-26,32-33,48H,8-9,11,17-18,20,24H2,1-5H3,(H2,40,41,49)/t25?,26-,32-,33+/m0/s1. The van der Waals surface area contributed by atoms with Gasteiger partial charge in [-0.1, -0.05) is 51.1 Å². The number of nitrogens with one attached hydrogen (secondary N) is 2. The Balaban J connectivity index is 1.08. The fraction of sp³-hybridized carbons (Fsp3) is 0.436. The highest BCUT2D eigenvalue weighted by atomic mass is 16.5. The van der Waals surface area contributed by atoms with Crippen LogP contribution in [0, 0.1) is 0 Å². The third-order valence-corrected chi connectivity index (χ3v) is 9.81. The molecule has 1 unspecified atom stereocenters. The smallest absolute Gasteiger partial charge is 0.320 e. The normalized spacial score (nSPS) is 19.7. The van der Waals surface area contributed by atoms with Gasteiger partial charge >= 0.3 is 6.03 Å². The van der Waals surface area contributed by atoms with Crippen LogP contribution in [0.1, 0.15) is 95.7 Å². The average Bonchev–Trinajstić information content (AvgIpc) is 3.74. The lowest BCUT2D eigenvalue weighted by molar-refractivity contribution is 0.129. The van der Waals surface area contributed by atoms with Gasteiger partial charge in [-0.05, 0) is 81.3 Å². The van der Waals surface area contributed by atoms with Crippen LogP contribution in [0.25, 0.3) is 11.3 Å². The number of anilines is 2. The summed E-state index contributed by atoms with van der Waals surface area (Å²) in [4.78, 5) is 16.0. The molecule has 3 aromatic heterocycles. The molecule has 51 heavy (non-hydrogen) atoms. The van der Waals surface area contributed by atoms with E-state index in [1.165, 1.54) is 6.42 Å². The molecule has 2 aliphatic rings. The number of aromatic nitrogens is 5. The Morgan fingerprint density at radius 3 is 2.59 bits per heavy atom. The maximum atomic E-state index is 13.7. The van der Waals surface area contributed by atoms with Crippen LogP contribution in [0.3, 0.4) is 0 Å². The summed E-state index contributed by atoms with van der Waals surface area (Å²) in [5.74, 6) is 2.75. The highest BCUT2D eigenvalue weighted by Crippen LogP contribution is 2.39. The molecule has 0 radical (unpaired) electrons. The van der Waals surface area contributed by atoms with Gasteiger partial charge in [0, 0.05) is 30.1 Å². The van der Waals surface area contributed by atoms with Gasteiger partial charge in [0.05, 0.1) is 30.2 Å². The minimum atomic E-state index is -0.353. The third kappa shape index (κ3) is 7.37. The second-order valence-corrected chi connectivity index (χ2v) is 14.8. The Hall–Kier alpha value is -5.10. The lowest BCUT2D eigenvalue weighted by Crippen LogP contribution is -2.38. The van der Waals surface area contributed by atoms with Crippen molar-refractivity contribution in [2.24, 2.45) is 0 Å². The fourth-order valence-electron chi connectivity index (χ4n) is 7.01. The van der Waals surface area contributed by atoms with E-state index in [1.807, 2.05) is 65.2 Å². The fourth-order valence-corrected chi connectivity index (χ4v) is 7.01. The zero-order valence-electron chi connectivity index (χ0n) is 30.0. The van der Waals surface area contributed by atoms with Crippen LogP contribution in [0.4, 0.5) is 16.6 Å². The van der Waals surface area contributed by atoms with Crippen LogP contribution in [0.2, 0.25) is 0 Å². The van der Waals surface area contributed by atoms with Gasteiger partial charge in [0.15, 0.2) is 5.65 Å². The largest absolute Gasteiger partial charge is 0.488 e. The van der Waals surface area contributed by atoms with Gasteiger partial charge < -0.3 is 24.8 Å². The Morgan fingerprint density at radius 2 is 1.80 bits per heavy atom. The minimum absolute atomic E-state index is 0.0949. The number of carbonyl (C=O) groups is 1. The highest BCUT2D eigenvalue weighted by Gasteiger charge is 2.31. The Labute approximate surface area is 298 Å². The van der Waals surface area contributed by atoms with Gasteiger partial charge in [-0.15, -0.1) is 10.2 Å². The van der Waals surface area contributed by atoms with Gasteiger partial charge in [0.2, 0.25) is 5.95 Å². The Morgan fingerprint density at radius 1 is 0.980 bits per heavy atom. The number of benzene rings is 2. The molecule has 7 rings (SSSR count). The average molecular weight is 693 g/mol. The van der Waals surface area contributed by atoms with Gasteiger partial charge in [-0.25, -0.2) is 9.48 Å². The molecule has 0 saturated carbocycles. The number of amides is 2. The highest BCUT2D eigenvalue weighted by molar-refractivity contribution is 5.89. The summed E-state index contributed by atoms with van der Waals surface area (Å²) in [7, 11) is 0. The second-order valence-electron chi connectivity index (χ2n) is 14.8. The lowest BCUT2D eigenvalue weighted by atomic mass is 9.85. The van der Waals surface area contributed by atoms with Crippen LogP contribution in [-0.2, 0) is 5.41 Å². The first-order chi connectivity index (χ1) is 24.6. The van der Waals surface area contributed by atoms with Crippen LogP contribution >= 0.6 is 0 Å². The van der Waals surface area contributed by atoms with E-state index in [0.717, 1.165) is 65.7 Å². The summed E-state index contributed by atoms with van der Waals surface area (Å²) >= 11 is 0. The Kier molecular flexibility index (Phi) is 9.61. The SMILES string of the molecule is CC1CCCCN1c1nnc2ccc(O[C@@H]3CC[C@H](NC(=O)Nc4cc(C(C)(C)C)nn4-c4cccc(O[C@@H](C)CO)c4)c4ccccc43)cn12. The van der Waals surface area contributed by atoms with Gasteiger partial charge in [-0.3, -0.25) is 9.72 Å². The van der Waals surface area contributed by atoms with Crippen molar-refractivity contribution in [1.29, 1.82) is 0 Å². The van der Waals surface area contributed by atoms with Crippen molar-refractivity contribution in [2.75, 3.05) is 23.4 Å². The first kappa shape index (κ1) is 34.4. The first-order valence-electron chi connectivity index (χ1n) is 18.0. The Bertz CT molecular complexity index is 2000. The maximum Gasteiger partial charge on any atom is 0.320 e. The molecule has 1 saturated heterocycles. The minimum Gasteiger partial charge on any atom is -0.488 e. The predicted molar refractivity (Wildman–Crippen MR) is 197 cm³/mol. The van der Waals surface area contributed by atoms with E-state index < -0.39 is 0 Å². The molecule has 268 valence electrons. The van der Waals surface area contributed by atoms with Crippen molar-refractivity contribution in [3.05, 3.63) is 89.7 Å². The summed E-state index contributed by atoms with van der Waals surface area (Å²) in [5, 5.41) is 29.6. The predicted octanol–water partition coefficient (Wildman–Crippen LogP) is 7.13. The van der Waals surface area contributed by atoms with Gasteiger partial charge in [-0.2, -0.15) is 5.10 Å². The lowest BCUT2D eigenvalue weighted by Gasteiger charge is -2.33. The van der Waals surface area contributed by atoms with Crippen LogP contribution in [0.5, 0.6) is 11.5 Å². The number of carbonyl (C=O) groups excluding carboxylic acids is 1. The van der Waals surface area contributed by atoms with Crippen molar-refractivity contribution in [2.45, 2.75) is 96.4 Å². The topological polar surface area (TPSA) is 131 Å². The second kappa shape index (κ2) is 14.3. The van der Waals surface area contributed by atoms with Crippen molar-refractivity contribution in [1.82, 2.24) is 29.7 Å². The van der Waals surface area contributed by atoms with E-state index in [0.29, 0.717) is 24.0 Å². The van der Waals surface area contributed by atoms with E-state index in [-0.39, 0.29) is 36.3 Å². The number of pyridine rings is 1. The molecule has 4 atom stereocenters.